The van der Waals surface area contributed by atoms with Crippen molar-refractivity contribution in [1.82, 2.24) is 5.32 Å². The van der Waals surface area contributed by atoms with Crippen LogP contribution in [-0.2, 0) is 14.3 Å². The lowest BCUT2D eigenvalue weighted by Gasteiger charge is -2.29. The van der Waals surface area contributed by atoms with E-state index in [4.69, 9.17) is 9.47 Å². The first-order valence-electron chi connectivity index (χ1n) is 6.91. The van der Waals surface area contributed by atoms with Gasteiger partial charge >= 0.3 is 5.97 Å². The summed E-state index contributed by atoms with van der Waals surface area (Å²) in [5.74, 6) is -0.225. The van der Waals surface area contributed by atoms with Crippen LogP contribution in [0.4, 0.5) is 0 Å². The van der Waals surface area contributed by atoms with Crippen LogP contribution >= 0.6 is 0 Å². The van der Waals surface area contributed by atoms with Gasteiger partial charge < -0.3 is 14.8 Å². The van der Waals surface area contributed by atoms with Crippen LogP contribution in [0.25, 0.3) is 0 Å². The number of nitrogens with one attached hydrogen (secondary N) is 1. The standard InChI is InChI=1S/C14H23NO3/c1-17-13(9-11-5-2-3-8-15-11)10-12-6-4-7-14(16)18-12/h4,7,11-13,15H,2-3,5-6,8-10H2,1H3/t11-,12+,13-/m0/s1. The Hall–Kier alpha value is -0.870. The minimum atomic E-state index is -0.225. The first-order chi connectivity index (χ1) is 8.78. The van der Waals surface area contributed by atoms with Gasteiger partial charge in [0.25, 0.3) is 0 Å². The zero-order chi connectivity index (χ0) is 12.8. The van der Waals surface area contributed by atoms with E-state index in [0.29, 0.717) is 6.04 Å². The van der Waals surface area contributed by atoms with Crippen molar-refractivity contribution >= 4 is 5.97 Å². The van der Waals surface area contributed by atoms with Crippen LogP contribution in [0, 0.1) is 0 Å². The van der Waals surface area contributed by atoms with Crippen LogP contribution in [-0.4, -0.2) is 37.9 Å². The smallest absolute Gasteiger partial charge is 0.330 e. The van der Waals surface area contributed by atoms with Crippen LogP contribution in [0.3, 0.4) is 0 Å². The van der Waals surface area contributed by atoms with Gasteiger partial charge in [-0.25, -0.2) is 4.79 Å². The number of esters is 1. The molecule has 2 rings (SSSR count). The third-order valence-corrected chi connectivity index (χ3v) is 3.75. The fourth-order valence-corrected chi connectivity index (χ4v) is 2.74. The molecule has 1 fully saturated rings. The van der Waals surface area contributed by atoms with Crippen molar-refractivity contribution in [3.8, 4) is 0 Å². The van der Waals surface area contributed by atoms with Crippen LogP contribution in [0.2, 0.25) is 0 Å². The number of carbonyl (C=O) groups is 1. The molecule has 0 amide bonds. The molecule has 0 aliphatic carbocycles. The molecule has 1 saturated heterocycles. The summed E-state index contributed by atoms with van der Waals surface area (Å²) < 4.78 is 10.8. The first kappa shape index (κ1) is 13.6. The molecular weight excluding hydrogens is 230 g/mol. The van der Waals surface area contributed by atoms with E-state index >= 15 is 0 Å². The largest absolute Gasteiger partial charge is 0.459 e. The van der Waals surface area contributed by atoms with Crippen molar-refractivity contribution in [3.05, 3.63) is 12.2 Å². The van der Waals surface area contributed by atoms with E-state index in [1.807, 2.05) is 6.08 Å². The van der Waals surface area contributed by atoms with Crippen molar-refractivity contribution in [2.75, 3.05) is 13.7 Å². The highest BCUT2D eigenvalue weighted by atomic mass is 16.5. The maximum atomic E-state index is 11.2. The molecule has 18 heavy (non-hydrogen) atoms. The molecule has 3 atom stereocenters. The molecule has 0 unspecified atom stereocenters. The molecule has 0 saturated carbocycles. The number of cyclic esters (lactones) is 1. The molecule has 2 aliphatic heterocycles. The molecule has 4 heteroatoms. The van der Waals surface area contributed by atoms with Crippen molar-refractivity contribution < 1.29 is 14.3 Å². The van der Waals surface area contributed by atoms with E-state index in [1.54, 1.807) is 7.11 Å². The highest BCUT2D eigenvalue weighted by Gasteiger charge is 2.24. The molecule has 102 valence electrons. The summed E-state index contributed by atoms with van der Waals surface area (Å²) in [5, 5.41) is 3.53. The van der Waals surface area contributed by atoms with Crippen LogP contribution < -0.4 is 5.32 Å². The normalized spacial score (nSPS) is 29.9. The molecule has 0 aromatic heterocycles. The van der Waals surface area contributed by atoms with Gasteiger partial charge in [-0.1, -0.05) is 12.5 Å². The third-order valence-electron chi connectivity index (χ3n) is 3.75. The maximum absolute atomic E-state index is 11.2. The SMILES string of the molecule is CO[C@@H](C[C@@H]1CCCCN1)C[C@H]1CC=CC(=O)O1. The van der Waals surface area contributed by atoms with E-state index < -0.39 is 0 Å². The van der Waals surface area contributed by atoms with Crippen LogP contribution in [0.5, 0.6) is 0 Å². The van der Waals surface area contributed by atoms with Crippen LogP contribution in [0.15, 0.2) is 12.2 Å². The Bertz CT molecular complexity index is 297. The molecule has 0 spiro atoms. The van der Waals surface area contributed by atoms with E-state index in [-0.39, 0.29) is 18.2 Å². The van der Waals surface area contributed by atoms with Crippen LogP contribution in [0.1, 0.15) is 38.5 Å². The number of rotatable bonds is 5. The number of hydrogen-bond donors (Lipinski definition) is 1. The fourth-order valence-electron chi connectivity index (χ4n) is 2.74. The second kappa shape index (κ2) is 6.90. The lowest BCUT2D eigenvalue weighted by Crippen LogP contribution is -2.38. The summed E-state index contributed by atoms with van der Waals surface area (Å²) in [4.78, 5) is 11.2. The van der Waals surface area contributed by atoms with Gasteiger partial charge in [-0.2, -0.15) is 0 Å². The summed E-state index contributed by atoms with van der Waals surface area (Å²) >= 11 is 0. The number of hydrogen-bond acceptors (Lipinski definition) is 4. The van der Waals surface area contributed by atoms with Gasteiger partial charge in [0.1, 0.15) is 6.10 Å². The van der Waals surface area contributed by atoms with Crippen molar-refractivity contribution in [2.45, 2.75) is 56.8 Å². The molecule has 0 aromatic rings. The van der Waals surface area contributed by atoms with E-state index in [1.165, 1.54) is 25.3 Å². The summed E-state index contributed by atoms with van der Waals surface area (Å²) in [7, 11) is 1.74. The minimum absolute atomic E-state index is 0.0176. The molecular formula is C14H23NO3. The summed E-state index contributed by atoms with van der Waals surface area (Å²) in [6, 6.07) is 0.554. The summed E-state index contributed by atoms with van der Waals surface area (Å²) in [5.41, 5.74) is 0. The average Bonchev–Trinajstić information content (AvgIpc) is 2.39. The van der Waals surface area contributed by atoms with Gasteiger partial charge in [-0.05, 0) is 25.8 Å². The Labute approximate surface area is 109 Å². The molecule has 2 heterocycles. The Morgan fingerprint density at radius 2 is 2.39 bits per heavy atom. The molecule has 0 aromatic carbocycles. The van der Waals surface area contributed by atoms with E-state index in [2.05, 4.69) is 5.32 Å². The Balaban J connectivity index is 1.77. The molecule has 2 aliphatic rings. The average molecular weight is 253 g/mol. The van der Waals surface area contributed by atoms with Gasteiger partial charge in [0.05, 0.1) is 6.10 Å². The van der Waals surface area contributed by atoms with Crippen molar-refractivity contribution in [1.29, 1.82) is 0 Å². The predicted molar refractivity (Wildman–Crippen MR) is 69.3 cm³/mol. The number of carbonyl (C=O) groups excluding carboxylic acids is 1. The number of ether oxygens (including phenoxy) is 2. The minimum Gasteiger partial charge on any atom is -0.459 e. The van der Waals surface area contributed by atoms with Gasteiger partial charge in [-0.15, -0.1) is 0 Å². The molecule has 0 bridgehead atoms. The lowest BCUT2D eigenvalue weighted by atomic mass is 9.95. The Morgan fingerprint density at radius 1 is 1.50 bits per heavy atom. The number of piperidine rings is 1. The summed E-state index contributed by atoms with van der Waals surface area (Å²) in [6.45, 7) is 1.11. The zero-order valence-electron chi connectivity index (χ0n) is 11.1. The quantitative estimate of drug-likeness (QED) is 0.759. The van der Waals surface area contributed by atoms with Crippen molar-refractivity contribution in [3.63, 3.8) is 0 Å². The Morgan fingerprint density at radius 3 is 3.06 bits per heavy atom. The topological polar surface area (TPSA) is 47.6 Å². The van der Waals surface area contributed by atoms with Gasteiger partial charge in [-0.3, -0.25) is 0 Å². The predicted octanol–water partition coefficient (Wildman–Crippen LogP) is 1.80. The monoisotopic (exact) mass is 253 g/mol. The highest BCUT2D eigenvalue weighted by molar-refractivity contribution is 5.82. The zero-order valence-corrected chi connectivity index (χ0v) is 11.1. The van der Waals surface area contributed by atoms with Gasteiger partial charge in [0.2, 0.25) is 0 Å². The molecule has 1 N–H and O–H groups in total. The first-order valence-corrected chi connectivity index (χ1v) is 6.91. The maximum Gasteiger partial charge on any atom is 0.330 e. The van der Waals surface area contributed by atoms with Gasteiger partial charge in [0, 0.05) is 32.1 Å². The lowest BCUT2D eigenvalue weighted by molar-refractivity contribution is -0.145. The fraction of sp³-hybridized carbons (Fsp3) is 0.786. The molecule has 4 nitrogen and oxygen atoms in total. The second-order valence-electron chi connectivity index (χ2n) is 5.17. The number of methoxy groups -OCH3 is 1. The second-order valence-corrected chi connectivity index (χ2v) is 5.17. The third kappa shape index (κ3) is 4.10. The highest BCUT2D eigenvalue weighted by Crippen LogP contribution is 2.20. The van der Waals surface area contributed by atoms with Crippen molar-refractivity contribution in [2.24, 2.45) is 0 Å². The van der Waals surface area contributed by atoms with E-state index in [0.717, 1.165) is 25.8 Å². The van der Waals surface area contributed by atoms with Gasteiger partial charge in [0.15, 0.2) is 0 Å². The Kier molecular flexibility index (Phi) is 5.20. The van der Waals surface area contributed by atoms with E-state index in [9.17, 15) is 4.79 Å². The molecule has 0 radical (unpaired) electrons. The summed E-state index contributed by atoms with van der Waals surface area (Å²) in [6.07, 6.45) is 9.96.